The van der Waals surface area contributed by atoms with E-state index in [2.05, 4.69) is 0 Å². The molecule has 16 heavy (non-hydrogen) atoms. The number of benzene rings is 1. The van der Waals surface area contributed by atoms with Crippen molar-refractivity contribution in [3.63, 3.8) is 0 Å². The fourth-order valence-corrected chi connectivity index (χ4v) is 1.98. The Morgan fingerprint density at radius 3 is 2.44 bits per heavy atom. The zero-order chi connectivity index (χ0) is 12.3. The highest BCUT2D eigenvalue weighted by Gasteiger charge is 2.19. The van der Waals surface area contributed by atoms with Gasteiger partial charge in [-0.15, -0.1) is 0 Å². The van der Waals surface area contributed by atoms with Crippen molar-refractivity contribution in [2.24, 2.45) is 5.92 Å². The summed E-state index contributed by atoms with van der Waals surface area (Å²) in [6, 6.07) is 4.72. The second kappa shape index (κ2) is 5.46. The van der Waals surface area contributed by atoms with E-state index in [-0.39, 0.29) is 23.9 Å². The molecule has 0 spiro atoms. The Morgan fingerprint density at radius 1 is 1.31 bits per heavy atom. The van der Waals surface area contributed by atoms with E-state index < -0.39 is 0 Å². The Morgan fingerprint density at radius 2 is 1.94 bits per heavy atom. The van der Waals surface area contributed by atoms with Crippen LogP contribution in [0.3, 0.4) is 0 Å². The lowest BCUT2D eigenvalue weighted by Crippen LogP contribution is -2.14. The average Bonchev–Trinajstić information content (AvgIpc) is 2.15. The molecule has 1 aromatic carbocycles. The number of halogens is 2. The summed E-state index contributed by atoms with van der Waals surface area (Å²) in [7, 11) is 0. The van der Waals surface area contributed by atoms with Gasteiger partial charge in [-0.25, -0.2) is 0 Å². The molecule has 4 heteroatoms. The van der Waals surface area contributed by atoms with Gasteiger partial charge < -0.3 is 4.79 Å². The quantitative estimate of drug-likeness (QED) is 0.771. The first-order valence-electron chi connectivity index (χ1n) is 4.90. The first kappa shape index (κ1) is 13.2. The van der Waals surface area contributed by atoms with Crippen molar-refractivity contribution in [2.45, 2.75) is 20.3 Å². The number of ketones is 2. The van der Waals surface area contributed by atoms with Gasteiger partial charge in [-0.05, 0) is 25.1 Å². The third kappa shape index (κ3) is 3.32. The van der Waals surface area contributed by atoms with Crippen LogP contribution in [0.25, 0.3) is 0 Å². The lowest BCUT2D eigenvalue weighted by Gasteiger charge is -2.09. The fourth-order valence-electron chi connectivity index (χ4n) is 1.48. The molecule has 0 heterocycles. The summed E-state index contributed by atoms with van der Waals surface area (Å²) in [6.07, 6.45) is 0.234. The third-order valence-electron chi connectivity index (χ3n) is 2.24. The van der Waals surface area contributed by atoms with Gasteiger partial charge in [-0.3, -0.25) is 4.79 Å². The van der Waals surface area contributed by atoms with Crippen molar-refractivity contribution >= 4 is 34.8 Å². The summed E-state index contributed by atoms with van der Waals surface area (Å²) in [6.45, 7) is 3.18. The average molecular weight is 259 g/mol. The van der Waals surface area contributed by atoms with Gasteiger partial charge in [0.05, 0.1) is 5.02 Å². The molecule has 0 amide bonds. The SMILES string of the molecule is CC(=O)CC(C)C(=O)c1ccc(Cl)cc1Cl. The summed E-state index contributed by atoms with van der Waals surface area (Å²) < 4.78 is 0. The highest BCUT2D eigenvalue weighted by atomic mass is 35.5. The molecule has 0 N–H and O–H groups in total. The molecule has 0 fully saturated rings. The highest BCUT2D eigenvalue weighted by Crippen LogP contribution is 2.24. The molecule has 0 aromatic heterocycles. The number of Topliss-reactive ketones (excluding diaryl/α,β-unsaturated/α-hetero) is 2. The van der Waals surface area contributed by atoms with Crippen LogP contribution < -0.4 is 0 Å². The molecule has 0 bridgehead atoms. The lowest BCUT2D eigenvalue weighted by atomic mass is 9.95. The summed E-state index contributed by atoms with van der Waals surface area (Å²) in [5, 5.41) is 0.814. The molecule has 0 saturated heterocycles. The van der Waals surface area contributed by atoms with Gasteiger partial charge in [0.25, 0.3) is 0 Å². The summed E-state index contributed by atoms with van der Waals surface area (Å²) in [5.74, 6) is -0.487. The normalized spacial score (nSPS) is 12.2. The van der Waals surface area contributed by atoms with Crippen LogP contribution in [0.15, 0.2) is 18.2 Å². The molecule has 1 rings (SSSR count). The first-order chi connectivity index (χ1) is 7.41. The van der Waals surface area contributed by atoms with Crippen LogP contribution in [0.2, 0.25) is 10.0 Å². The number of carbonyl (C=O) groups excluding carboxylic acids is 2. The van der Waals surface area contributed by atoms with E-state index in [4.69, 9.17) is 23.2 Å². The van der Waals surface area contributed by atoms with Gasteiger partial charge in [0.15, 0.2) is 5.78 Å². The Labute approximate surface area is 105 Å². The third-order valence-corrected chi connectivity index (χ3v) is 2.79. The maximum absolute atomic E-state index is 11.9. The van der Waals surface area contributed by atoms with Crippen LogP contribution in [0.4, 0.5) is 0 Å². The van der Waals surface area contributed by atoms with Gasteiger partial charge >= 0.3 is 0 Å². The van der Waals surface area contributed by atoms with Gasteiger partial charge in [-0.2, -0.15) is 0 Å². The Bertz CT molecular complexity index is 427. The molecule has 1 aromatic rings. The topological polar surface area (TPSA) is 34.1 Å². The number of hydrogen-bond donors (Lipinski definition) is 0. The minimum Gasteiger partial charge on any atom is -0.300 e. The zero-order valence-electron chi connectivity index (χ0n) is 9.09. The van der Waals surface area contributed by atoms with Crippen molar-refractivity contribution in [1.29, 1.82) is 0 Å². The standard InChI is InChI=1S/C12H12Cl2O2/c1-7(5-8(2)15)12(16)10-4-3-9(13)6-11(10)14/h3-4,6-7H,5H2,1-2H3. The molecule has 0 saturated carbocycles. The van der Waals surface area contributed by atoms with E-state index in [1.54, 1.807) is 19.1 Å². The van der Waals surface area contributed by atoms with E-state index in [0.29, 0.717) is 15.6 Å². The van der Waals surface area contributed by atoms with E-state index in [1.807, 2.05) is 0 Å². The summed E-state index contributed by atoms with van der Waals surface area (Å²) >= 11 is 11.7. The number of hydrogen-bond acceptors (Lipinski definition) is 2. The van der Waals surface area contributed by atoms with Gasteiger partial charge in [-0.1, -0.05) is 30.1 Å². The van der Waals surface area contributed by atoms with Gasteiger partial charge in [0, 0.05) is 22.9 Å². The Balaban J connectivity index is 2.92. The van der Waals surface area contributed by atoms with E-state index >= 15 is 0 Å². The number of carbonyl (C=O) groups is 2. The minimum atomic E-state index is -0.351. The molecule has 2 nitrogen and oxygen atoms in total. The maximum Gasteiger partial charge on any atom is 0.167 e. The monoisotopic (exact) mass is 258 g/mol. The van der Waals surface area contributed by atoms with E-state index in [1.165, 1.54) is 13.0 Å². The van der Waals surface area contributed by atoms with Crippen molar-refractivity contribution in [1.82, 2.24) is 0 Å². The molecule has 0 aliphatic rings. The number of rotatable bonds is 4. The molecule has 1 unspecified atom stereocenters. The van der Waals surface area contributed by atoms with Crippen LogP contribution in [-0.2, 0) is 4.79 Å². The van der Waals surface area contributed by atoms with Gasteiger partial charge in [0.2, 0.25) is 0 Å². The second-order valence-electron chi connectivity index (χ2n) is 3.80. The van der Waals surface area contributed by atoms with Crippen molar-refractivity contribution in [2.75, 3.05) is 0 Å². The Kier molecular flexibility index (Phi) is 4.51. The largest absolute Gasteiger partial charge is 0.300 e. The smallest absolute Gasteiger partial charge is 0.167 e. The molecule has 86 valence electrons. The van der Waals surface area contributed by atoms with Crippen LogP contribution >= 0.6 is 23.2 Å². The van der Waals surface area contributed by atoms with E-state index in [0.717, 1.165) is 0 Å². The zero-order valence-corrected chi connectivity index (χ0v) is 10.6. The molecule has 0 aliphatic carbocycles. The highest BCUT2D eigenvalue weighted by molar-refractivity contribution is 6.36. The van der Waals surface area contributed by atoms with Gasteiger partial charge in [0.1, 0.15) is 5.78 Å². The predicted molar refractivity (Wildman–Crippen MR) is 65.3 cm³/mol. The minimum absolute atomic E-state index is 0.00839. The Hall–Kier alpha value is -0.860. The van der Waals surface area contributed by atoms with Crippen LogP contribution in [-0.4, -0.2) is 11.6 Å². The fraction of sp³-hybridized carbons (Fsp3) is 0.333. The van der Waals surface area contributed by atoms with E-state index in [9.17, 15) is 9.59 Å². The van der Waals surface area contributed by atoms with Crippen LogP contribution in [0, 0.1) is 5.92 Å². The second-order valence-corrected chi connectivity index (χ2v) is 4.64. The van der Waals surface area contributed by atoms with Crippen LogP contribution in [0.5, 0.6) is 0 Å². The van der Waals surface area contributed by atoms with Crippen molar-refractivity contribution in [3.8, 4) is 0 Å². The first-order valence-corrected chi connectivity index (χ1v) is 5.66. The maximum atomic E-state index is 11.9. The van der Waals surface area contributed by atoms with Crippen LogP contribution in [0.1, 0.15) is 30.6 Å². The molecular weight excluding hydrogens is 247 g/mol. The molecule has 1 atom stereocenters. The molecule has 0 aliphatic heterocycles. The van der Waals surface area contributed by atoms with Crippen molar-refractivity contribution in [3.05, 3.63) is 33.8 Å². The molecular formula is C12H12Cl2O2. The lowest BCUT2D eigenvalue weighted by molar-refractivity contribution is -0.117. The van der Waals surface area contributed by atoms with Crippen molar-refractivity contribution < 1.29 is 9.59 Å². The summed E-state index contributed by atoms with van der Waals surface area (Å²) in [5.41, 5.74) is 0.416. The molecule has 0 radical (unpaired) electrons. The predicted octanol–water partition coefficient (Wildman–Crippen LogP) is 3.79. The summed E-state index contributed by atoms with van der Waals surface area (Å²) in [4.78, 5) is 22.9.